The average molecular weight is 658 g/mol. The van der Waals surface area contributed by atoms with Gasteiger partial charge in [-0.1, -0.05) is 129 Å². The van der Waals surface area contributed by atoms with Crippen molar-refractivity contribution < 1.29 is 29.0 Å². The number of nitrogens with one attached hydrogen (secondary N) is 2. The summed E-state index contributed by atoms with van der Waals surface area (Å²) in [5.74, 6) is -2.69. The molecule has 1 saturated heterocycles. The largest absolute Gasteiger partial charge is 0.461 e. The van der Waals surface area contributed by atoms with Gasteiger partial charge in [0.1, 0.15) is 17.8 Å². The van der Waals surface area contributed by atoms with E-state index in [4.69, 9.17) is 4.74 Å². The third kappa shape index (κ3) is 16.3. The minimum absolute atomic E-state index is 0.171. The summed E-state index contributed by atoms with van der Waals surface area (Å²) in [6.45, 7) is 7.49. The monoisotopic (exact) mass is 657 g/mol. The lowest BCUT2D eigenvalue weighted by molar-refractivity contribution is -0.143. The highest BCUT2D eigenvalue weighted by molar-refractivity contribution is 6.02. The molecule has 0 radical (unpaired) electrons. The molecule has 266 valence electrons. The van der Waals surface area contributed by atoms with Gasteiger partial charge in [0.15, 0.2) is 0 Å². The van der Waals surface area contributed by atoms with Gasteiger partial charge in [0.2, 0.25) is 11.8 Å². The minimum atomic E-state index is -1.51. The number of nitrogens with zero attached hydrogens (tertiary/aromatic N) is 1. The van der Waals surface area contributed by atoms with Crippen LogP contribution in [0.25, 0.3) is 0 Å². The maximum atomic E-state index is 13.4. The lowest BCUT2D eigenvalue weighted by Gasteiger charge is -2.32. The lowest BCUT2D eigenvalue weighted by atomic mass is 9.86. The van der Waals surface area contributed by atoms with Gasteiger partial charge in [-0.3, -0.25) is 14.4 Å². The molecule has 0 bridgehead atoms. The topological polar surface area (TPSA) is 125 Å². The number of carbonyl (C=O) groups excluding carboxylic acids is 4. The molecule has 0 saturated carbocycles. The van der Waals surface area contributed by atoms with Crippen LogP contribution in [0.5, 0.6) is 0 Å². The van der Waals surface area contributed by atoms with Crippen LogP contribution >= 0.6 is 0 Å². The highest BCUT2D eigenvalue weighted by Gasteiger charge is 2.37. The Hall–Kier alpha value is -2.78. The fourth-order valence-corrected chi connectivity index (χ4v) is 5.93. The smallest absolute Gasteiger partial charge is 0.338 e. The summed E-state index contributed by atoms with van der Waals surface area (Å²) in [4.78, 5) is 53.7. The molecule has 2 unspecified atom stereocenters. The quantitative estimate of drug-likeness (QED) is 0.0647. The third-order valence-corrected chi connectivity index (χ3v) is 9.20. The van der Waals surface area contributed by atoms with Crippen LogP contribution in [0.1, 0.15) is 134 Å². The number of unbranched alkanes of at least 4 members (excludes halogenated alkanes) is 14. The van der Waals surface area contributed by atoms with E-state index in [-0.39, 0.29) is 24.8 Å². The molecule has 3 N–H and O–H groups in total. The van der Waals surface area contributed by atoms with E-state index in [1.807, 2.05) is 0 Å². The zero-order valence-electron chi connectivity index (χ0n) is 29.5. The number of amides is 2. The molecule has 9 heteroatoms. The first kappa shape index (κ1) is 40.4. The molecule has 1 aliphatic rings. The predicted octanol–water partition coefficient (Wildman–Crippen LogP) is 6.23. The van der Waals surface area contributed by atoms with Crippen LogP contribution in [-0.2, 0) is 19.1 Å². The number of ketones is 1. The van der Waals surface area contributed by atoms with Crippen LogP contribution in [0, 0.1) is 11.3 Å². The van der Waals surface area contributed by atoms with Crippen molar-refractivity contribution in [3.8, 4) is 0 Å². The Kier molecular flexibility index (Phi) is 20.2. The van der Waals surface area contributed by atoms with Crippen LogP contribution in [0.15, 0.2) is 30.3 Å². The minimum Gasteiger partial charge on any atom is -0.461 e. The molecule has 2 amide bonds. The second-order valence-electron chi connectivity index (χ2n) is 13.9. The van der Waals surface area contributed by atoms with Crippen molar-refractivity contribution >= 4 is 23.6 Å². The molecule has 1 aromatic rings. The summed E-state index contributed by atoms with van der Waals surface area (Å²) in [5.41, 5.74) is -0.714. The van der Waals surface area contributed by atoms with Crippen molar-refractivity contribution in [2.24, 2.45) is 11.3 Å². The molecule has 0 aromatic heterocycles. The third-order valence-electron chi connectivity index (χ3n) is 9.20. The molecule has 2 rings (SSSR count). The summed E-state index contributed by atoms with van der Waals surface area (Å²) in [7, 11) is 0. The van der Waals surface area contributed by atoms with E-state index in [1.165, 1.54) is 77.0 Å². The molecule has 47 heavy (non-hydrogen) atoms. The molecule has 0 aliphatic carbocycles. The van der Waals surface area contributed by atoms with E-state index in [1.54, 1.807) is 49.1 Å². The fraction of sp³-hybridized carbons (Fsp3) is 0.737. The van der Waals surface area contributed by atoms with E-state index >= 15 is 0 Å². The number of esters is 1. The van der Waals surface area contributed by atoms with Gasteiger partial charge in [-0.05, 0) is 18.6 Å². The van der Waals surface area contributed by atoms with E-state index in [9.17, 15) is 24.3 Å². The zero-order chi connectivity index (χ0) is 34.3. The number of hydrogen-bond donors (Lipinski definition) is 3. The molecule has 1 aromatic carbocycles. The fourth-order valence-electron chi connectivity index (χ4n) is 5.93. The van der Waals surface area contributed by atoms with Gasteiger partial charge in [-0.15, -0.1) is 0 Å². The summed E-state index contributed by atoms with van der Waals surface area (Å²) in [6.07, 6.45) is 17.3. The molecular weight excluding hydrogens is 594 g/mol. The SMILES string of the molecule is CCCCCCCCCCCCCCCCCC(=O)C(CNC(=O)C(O)C(C)(C)COC(=O)c1ccccc1)C(=O)N1CCNCC1. The van der Waals surface area contributed by atoms with Gasteiger partial charge in [0, 0.05) is 44.6 Å². The summed E-state index contributed by atoms with van der Waals surface area (Å²) in [5, 5.41) is 16.7. The Morgan fingerprint density at radius 1 is 0.830 bits per heavy atom. The van der Waals surface area contributed by atoms with Gasteiger partial charge in [0.25, 0.3) is 0 Å². The van der Waals surface area contributed by atoms with Gasteiger partial charge in [-0.25, -0.2) is 4.79 Å². The summed E-state index contributed by atoms with van der Waals surface area (Å²) in [6, 6.07) is 8.50. The Morgan fingerprint density at radius 2 is 1.34 bits per heavy atom. The first-order valence-electron chi connectivity index (χ1n) is 18.4. The average Bonchev–Trinajstić information content (AvgIpc) is 3.09. The highest BCUT2D eigenvalue weighted by atomic mass is 16.5. The van der Waals surface area contributed by atoms with Crippen LogP contribution in [0.3, 0.4) is 0 Å². The Morgan fingerprint density at radius 3 is 1.87 bits per heavy atom. The van der Waals surface area contributed by atoms with E-state index in [2.05, 4.69) is 17.6 Å². The van der Waals surface area contributed by atoms with E-state index in [0.717, 1.165) is 19.3 Å². The second-order valence-corrected chi connectivity index (χ2v) is 13.9. The van der Waals surface area contributed by atoms with Crippen molar-refractivity contribution in [3.05, 3.63) is 35.9 Å². The van der Waals surface area contributed by atoms with Crippen LogP contribution in [-0.4, -0.2) is 79.0 Å². The number of hydrogen-bond acceptors (Lipinski definition) is 7. The Bertz CT molecular complexity index is 1040. The predicted molar refractivity (Wildman–Crippen MR) is 187 cm³/mol. The number of rotatable bonds is 25. The highest BCUT2D eigenvalue weighted by Crippen LogP contribution is 2.23. The molecule has 1 aliphatic heterocycles. The van der Waals surface area contributed by atoms with Crippen molar-refractivity contribution in [2.45, 2.75) is 130 Å². The summed E-state index contributed by atoms with van der Waals surface area (Å²) >= 11 is 0. The lowest BCUT2D eigenvalue weighted by Crippen LogP contribution is -2.53. The van der Waals surface area contributed by atoms with Crippen LogP contribution < -0.4 is 10.6 Å². The molecule has 1 fully saturated rings. The molecular formula is C38H63N3O6. The van der Waals surface area contributed by atoms with Crippen molar-refractivity contribution in [1.29, 1.82) is 0 Å². The van der Waals surface area contributed by atoms with Gasteiger partial charge >= 0.3 is 5.97 Å². The maximum Gasteiger partial charge on any atom is 0.338 e. The van der Waals surface area contributed by atoms with Gasteiger partial charge in [-0.2, -0.15) is 0 Å². The molecule has 9 nitrogen and oxygen atoms in total. The number of aliphatic hydroxyl groups excluding tert-OH is 1. The number of benzene rings is 1. The normalized spacial score (nSPS) is 14.8. The second kappa shape index (κ2) is 23.5. The van der Waals surface area contributed by atoms with Crippen LogP contribution in [0.4, 0.5) is 0 Å². The van der Waals surface area contributed by atoms with Crippen LogP contribution in [0.2, 0.25) is 0 Å². The number of ether oxygens (including phenoxy) is 1. The zero-order valence-corrected chi connectivity index (χ0v) is 29.5. The van der Waals surface area contributed by atoms with E-state index in [0.29, 0.717) is 38.2 Å². The van der Waals surface area contributed by atoms with Gasteiger partial charge < -0.3 is 25.4 Å². The molecule has 2 atom stereocenters. The standard InChI is InChI=1S/C38H63N3O6/c1-4-5-6-7-8-9-10-11-12-13-14-15-16-17-21-24-33(42)32(36(45)41-27-25-39-26-28-41)29-40-35(44)34(43)38(2,3)30-47-37(46)31-22-19-18-20-23-31/h18-20,22-23,32,34,39,43H,4-17,21,24-30H2,1-3H3,(H,40,44). The Balaban J connectivity index is 1.74. The maximum absolute atomic E-state index is 13.4. The number of Topliss-reactive ketones (excluding diaryl/α,β-unsaturated/α-hetero) is 1. The van der Waals surface area contributed by atoms with Crippen molar-refractivity contribution in [1.82, 2.24) is 15.5 Å². The first-order valence-corrected chi connectivity index (χ1v) is 18.4. The number of piperazine rings is 1. The number of carbonyl (C=O) groups is 4. The van der Waals surface area contributed by atoms with Crippen molar-refractivity contribution in [3.63, 3.8) is 0 Å². The number of aliphatic hydroxyl groups is 1. The summed E-state index contributed by atoms with van der Waals surface area (Å²) < 4.78 is 5.36. The Labute approximate surface area is 284 Å². The van der Waals surface area contributed by atoms with Crippen molar-refractivity contribution in [2.75, 3.05) is 39.3 Å². The van der Waals surface area contributed by atoms with E-state index < -0.39 is 29.3 Å². The first-order chi connectivity index (χ1) is 22.7. The molecule has 1 heterocycles. The van der Waals surface area contributed by atoms with Gasteiger partial charge in [0.05, 0.1) is 12.2 Å². The molecule has 0 spiro atoms.